The minimum atomic E-state index is -0.261. The Morgan fingerprint density at radius 2 is 2.12 bits per heavy atom. The van der Waals surface area contributed by atoms with Gasteiger partial charge in [0, 0.05) is 6.61 Å². The standard InChI is InChI=1S/C13H16O3/c1-10-12(8-5-9-15-10)16-13(14)11-6-3-2-4-7-11/h2-4,6-7,10,12H,5,8-9H2,1H3/t10-,12+/m0/s1. The molecule has 2 rings (SSSR count). The lowest BCUT2D eigenvalue weighted by Crippen LogP contribution is -2.35. The fourth-order valence-corrected chi connectivity index (χ4v) is 1.83. The average molecular weight is 220 g/mol. The van der Waals surface area contributed by atoms with E-state index in [0.717, 1.165) is 19.4 Å². The summed E-state index contributed by atoms with van der Waals surface area (Å²) in [7, 11) is 0. The van der Waals surface area contributed by atoms with Crippen LogP contribution in [0.2, 0.25) is 0 Å². The van der Waals surface area contributed by atoms with Gasteiger partial charge in [0.05, 0.1) is 11.7 Å². The van der Waals surface area contributed by atoms with E-state index < -0.39 is 0 Å². The monoisotopic (exact) mass is 220 g/mol. The van der Waals surface area contributed by atoms with E-state index in [0.29, 0.717) is 5.56 Å². The van der Waals surface area contributed by atoms with E-state index in [9.17, 15) is 4.79 Å². The Balaban J connectivity index is 1.96. The predicted molar refractivity (Wildman–Crippen MR) is 60.3 cm³/mol. The Morgan fingerprint density at radius 3 is 2.81 bits per heavy atom. The zero-order valence-electron chi connectivity index (χ0n) is 9.39. The Morgan fingerprint density at radius 1 is 1.38 bits per heavy atom. The fraction of sp³-hybridized carbons (Fsp3) is 0.462. The molecule has 16 heavy (non-hydrogen) atoms. The lowest BCUT2D eigenvalue weighted by atomic mass is 10.1. The van der Waals surface area contributed by atoms with Gasteiger partial charge in [0.2, 0.25) is 0 Å². The van der Waals surface area contributed by atoms with Crippen LogP contribution < -0.4 is 0 Å². The van der Waals surface area contributed by atoms with Crippen LogP contribution in [0.15, 0.2) is 30.3 Å². The molecule has 0 N–H and O–H groups in total. The molecule has 0 radical (unpaired) electrons. The van der Waals surface area contributed by atoms with Crippen molar-refractivity contribution in [1.82, 2.24) is 0 Å². The molecular weight excluding hydrogens is 204 g/mol. The minimum Gasteiger partial charge on any atom is -0.456 e. The molecule has 1 fully saturated rings. The summed E-state index contributed by atoms with van der Waals surface area (Å²) < 4.78 is 10.9. The lowest BCUT2D eigenvalue weighted by Gasteiger charge is -2.28. The molecule has 0 aliphatic carbocycles. The van der Waals surface area contributed by atoms with E-state index >= 15 is 0 Å². The normalized spacial score (nSPS) is 25.1. The van der Waals surface area contributed by atoms with Crippen LogP contribution in [0, 0.1) is 0 Å². The van der Waals surface area contributed by atoms with Crippen LogP contribution in [-0.4, -0.2) is 24.8 Å². The van der Waals surface area contributed by atoms with Crippen molar-refractivity contribution in [3.05, 3.63) is 35.9 Å². The van der Waals surface area contributed by atoms with Gasteiger partial charge in [-0.15, -0.1) is 0 Å². The maximum absolute atomic E-state index is 11.8. The average Bonchev–Trinajstić information content (AvgIpc) is 2.33. The third kappa shape index (κ3) is 2.61. The fourth-order valence-electron chi connectivity index (χ4n) is 1.83. The van der Waals surface area contributed by atoms with Gasteiger partial charge in [-0.1, -0.05) is 18.2 Å². The molecule has 1 aromatic rings. The van der Waals surface area contributed by atoms with Gasteiger partial charge in [-0.25, -0.2) is 4.79 Å². The highest BCUT2D eigenvalue weighted by Crippen LogP contribution is 2.18. The molecule has 0 amide bonds. The highest BCUT2D eigenvalue weighted by molar-refractivity contribution is 5.89. The van der Waals surface area contributed by atoms with Crippen molar-refractivity contribution in [2.45, 2.75) is 32.0 Å². The quantitative estimate of drug-likeness (QED) is 0.718. The molecule has 2 atom stereocenters. The van der Waals surface area contributed by atoms with Crippen molar-refractivity contribution in [3.63, 3.8) is 0 Å². The van der Waals surface area contributed by atoms with Crippen LogP contribution in [-0.2, 0) is 9.47 Å². The first kappa shape index (κ1) is 11.1. The molecule has 86 valence electrons. The van der Waals surface area contributed by atoms with Crippen LogP contribution in [0.4, 0.5) is 0 Å². The summed E-state index contributed by atoms with van der Waals surface area (Å²) >= 11 is 0. The van der Waals surface area contributed by atoms with Gasteiger partial charge >= 0.3 is 5.97 Å². The van der Waals surface area contributed by atoms with Crippen LogP contribution >= 0.6 is 0 Å². The highest BCUT2D eigenvalue weighted by Gasteiger charge is 2.25. The van der Waals surface area contributed by atoms with E-state index in [-0.39, 0.29) is 18.2 Å². The van der Waals surface area contributed by atoms with Crippen molar-refractivity contribution in [2.75, 3.05) is 6.61 Å². The second-order valence-corrected chi connectivity index (χ2v) is 4.03. The maximum atomic E-state index is 11.8. The smallest absolute Gasteiger partial charge is 0.338 e. The van der Waals surface area contributed by atoms with Crippen LogP contribution in [0.1, 0.15) is 30.1 Å². The van der Waals surface area contributed by atoms with Gasteiger partial charge in [0.15, 0.2) is 0 Å². The number of rotatable bonds is 2. The van der Waals surface area contributed by atoms with Gasteiger partial charge in [0.1, 0.15) is 6.10 Å². The summed E-state index contributed by atoms with van der Waals surface area (Å²) in [5.74, 6) is -0.261. The Kier molecular flexibility index (Phi) is 3.57. The molecule has 1 heterocycles. The van der Waals surface area contributed by atoms with Gasteiger partial charge in [-0.3, -0.25) is 0 Å². The molecule has 1 aromatic carbocycles. The number of benzene rings is 1. The second-order valence-electron chi connectivity index (χ2n) is 4.03. The molecule has 0 bridgehead atoms. The topological polar surface area (TPSA) is 35.5 Å². The van der Waals surface area contributed by atoms with E-state index in [1.54, 1.807) is 12.1 Å². The van der Waals surface area contributed by atoms with Crippen molar-refractivity contribution < 1.29 is 14.3 Å². The summed E-state index contributed by atoms with van der Waals surface area (Å²) in [5, 5.41) is 0. The van der Waals surface area contributed by atoms with Crippen LogP contribution in [0.25, 0.3) is 0 Å². The molecule has 0 aromatic heterocycles. The summed E-state index contributed by atoms with van der Waals surface area (Å²) in [4.78, 5) is 11.8. The summed E-state index contributed by atoms with van der Waals surface area (Å²) in [5.41, 5.74) is 0.597. The van der Waals surface area contributed by atoms with Crippen molar-refractivity contribution in [2.24, 2.45) is 0 Å². The number of carbonyl (C=O) groups is 1. The Labute approximate surface area is 95.4 Å². The van der Waals surface area contributed by atoms with Crippen molar-refractivity contribution in [3.8, 4) is 0 Å². The lowest BCUT2D eigenvalue weighted by molar-refractivity contribution is -0.0752. The molecule has 1 aliphatic heterocycles. The van der Waals surface area contributed by atoms with E-state index in [1.165, 1.54) is 0 Å². The molecule has 0 saturated carbocycles. The molecule has 3 heteroatoms. The number of hydrogen-bond acceptors (Lipinski definition) is 3. The summed E-state index contributed by atoms with van der Waals surface area (Å²) in [6, 6.07) is 9.06. The Hall–Kier alpha value is -1.35. The van der Waals surface area contributed by atoms with E-state index in [4.69, 9.17) is 9.47 Å². The highest BCUT2D eigenvalue weighted by atomic mass is 16.6. The molecule has 1 aliphatic rings. The molecule has 3 nitrogen and oxygen atoms in total. The first-order valence-electron chi connectivity index (χ1n) is 5.65. The number of ether oxygens (including phenoxy) is 2. The third-order valence-electron chi connectivity index (χ3n) is 2.81. The SMILES string of the molecule is C[C@@H]1OCCC[C@H]1OC(=O)c1ccccc1. The van der Waals surface area contributed by atoms with Gasteiger partial charge < -0.3 is 9.47 Å². The first-order chi connectivity index (χ1) is 7.77. The predicted octanol–water partition coefficient (Wildman–Crippen LogP) is 2.41. The molecular formula is C13H16O3. The Bertz CT molecular complexity index is 347. The zero-order chi connectivity index (χ0) is 11.4. The van der Waals surface area contributed by atoms with Gasteiger partial charge in [-0.05, 0) is 31.9 Å². The van der Waals surface area contributed by atoms with Crippen LogP contribution in [0.5, 0.6) is 0 Å². The minimum absolute atomic E-state index is 0.00131. The largest absolute Gasteiger partial charge is 0.456 e. The van der Waals surface area contributed by atoms with E-state index in [1.807, 2.05) is 25.1 Å². The zero-order valence-corrected chi connectivity index (χ0v) is 9.39. The maximum Gasteiger partial charge on any atom is 0.338 e. The number of carbonyl (C=O) groups excluding carboxylic acids is 1. The first-order valence-corrected chi connectivity index (χ1v) is 5.65. The summed E-state index contributed by atoms with van der Waals surface area (Å²) in [6.07, 6.45) is 1.74. The molecule has 1 saturated heterocycles. The third-order valence-corrected chi connectivity index (χ3v) is 2.81. The number of hydrogen-bond donors (Lipinski definition) is 0. The van der Waals surface area contributed by atoms with Crippen molar-refractivity contribution >= 4 is 5.97 Å². The second kappa shape index (κ2) is 5.12. The summed E-state index contributed by atoms with van der Waals surface area (Å²) in [6.45, 7) is 2.71. The van der Waals surface area contributed by atoms with E-state index in [2.05, 4.69) is 0 Å². The van der Waals surface area contributed by atoms with Gasteiger partial charge in [-0.2, -0.15) is 0 Å². The van der Waals surface area contributed by atoms with Crippen molar-refractivity contribution in [1.29, 1.82) is 0 Å². The molecule has 0 unspecified atom stereocenters. The number of esters is 1. The molecule has 0 spiro atoms. The van der Waals surface area contributed by atoms with Crippen LogP contribution in [0.3, 0.4) is 0 Å². The van der Waals surface area contributed by atoms with Gasteiger partial charge in [0.25, 0.3) is 0 Å².